The Bertz CT molecular complexity index is 1420. The normalized spacial score (nSPS) is 12.2. The summed E-state index contributed by atoms with van der Waals surface area (Å²) in [5.74, 6) is -1.02. The highest BCUT2D eigenvalue weighted by molar-refractivity contribution is 5.79. The number of fused-ring (bicyclic) bond motifs is 1. The highest BCUT2D eigenvalue weighted by atomic mass is 19.1. The molecule has 0 spiro atoms. The molecular formula is C25H21F2N5O. The van der Waals surface area contributed by atoms with Gasteiger partial charge in [0.15, 0.2) is 0 Å². The molecule has 2 aromatic carbocycles. The lowest BCUT2D eigenvalue weighted by atomic mass is 10.0. The number of hydrogen-bond acceptors (Lipinski definition) is 5. The summed E-state index contributed by atoms with van der Waals surface area (Å²) in [7, 11) is 0. The highest BCUT2D eigenvalue weighted by Gasteiger charge is 2.20. The van der Waals surface area contributed by atoms with Gasteiger partial charge in [0.1, 0.15) is 17.5 Å². The van der Waals surface area contributed by atoms with Crippen LogP contribution in [0.5, 0.6) is 0 Å². The Morgan fingerprint density at radius 1 is 1.09 bits per heavy atom. The van der Waals surface area contributed by atoms with Crippen LogP contribution in [0.1, 0.15) is 48.5 Å². The number of nitriles is 1. The van der Waals surface area contributed by atoms with Crippen molar-refractivity contribution in [3.8, 4) is 11.8 Å². The van der Waals surface area contributed by atoms with Gasteiger partial charge in [0.25, 0.3) is 5.56 Å². The molecule has 0 saturated heterocycles. The second-order valence-corrected chi connectivity index (χ2v) is 8.14. The Kier molecular flexibility index (Phi) is 5.99. The second kappa shape index (κ2) is 8.88. The van der Waals surface area contributed by atoms with E-state index in [9.17, 15) is 18.8 Å². The number of nitrogens with zero attached hydrogens (tertiary/aromatic N) is 4. The Morgan fingerprint density at radius 3 is 2.42 bits per heavy atom. The van der Waals surface area contributed by atoms with Gasteiger partial charge in [-0.3, -0.25) is 14.3 Å². The minimum absolute atomic E-state index is 0.0437. The minimum Gasteiger partial charge on any atom is -0.321 e. The number of benzene rings is 2. The van der Waals surface area contributed by atoms with Crippen LogP contribution >= 0.6 is 0 Å². The van der Waals surface area contributed by atoms with Crippen molar-refractivity contribution in [3.63, 3.8) is 0 Å². The molecule has 2 heterocycles. The Hall–Kier alpha value is -3.96. The number of rotatable bonds is 5. The van der Waals surface area contributed by atoms with Crippen LogP contribution in [0.15, 0.2) is 59.5 Å². The van der Waals surface area contributed by atoms with E-state index in [0.29, 0.717) is 27.7 Å². The largest absolute Gasteiger partial charge is 0.321 e. The molecule has 6 nitrogen and oxygen atoms in total. The molecule has 2 aromatic heterocycles. The van der Waals surface area contributed by atoms with Gasteiger partial charge < -0.3 is 5.73 Å². The van der Waals surface area contributed by atoms with Crippen molar-refractivity contribution in [2.75, 3.05) is 0 Å². The average molecular weight is 445 g/mol. The first kappa shape index (κ1) is 22.2. The predicted octanol–water partition coefficient (Wildman–Crippen LogP) is 4.30. The van der Waals surface area contributed by atoms with E-state index in [1.54, 1.807) is 24.4 Å². The molecule has 4 rings (SSSR count). The fourth-order valence-electron chi connectivity index (χ4n) is 3.72. The van der Waals surface area contributed by atoms with Gasteiger partial charge in [-0.15, -0.1) is 0 Å². The van der Waals surface area contributed by atoms with E-state index in [1.807, 2.05) is 26.0 Å². The maximum Gasteiger partial charge on any atom is 0.266 e. The zero-order chi connectivity index (χ0) is 23.7. The van der Waals surface area contributed by atoms with E-state index >= 15 is 0 Å². The lowest BCUT2D eigenvalue weighted by molar-refractivity contribution is 0.572. The first-order chi connectivity index (χ1) is 15.8. The summed E-state index contributed by atoms with van der Waals surface area (Å²) in [4.78, 5) is 22.5. The van der Waals surface area contributed by atoms with Crippen molar-refractivity contribution >= 4 is 10.9 Å². The molecule has 2 N–H and O–H groups in total. The van der Waals surface area contributed by atoms with Crippen LogP contribution in [-0.4, -0.2) is 14.5 Å². The van der Waals surface area contributed by atoms with Crippen LogP contribution < -0.4 is 11.3 Å². The molecule has 0 fully saturated rings. The smallest absolute Gasteiger partial charge is 0.266 e. The Balaban J connectivity index is 1.90. The summed E-state index contributed by atoms with van der Waals surface area (Å²) in [5.41, 5.74) is 8.38. The predicted molar refractivity (Wildman–Crippen MR) is 121 cm³/mol. The van der Waals surface area contributed by atoms with Crippen molar-refractivity contribution in [2.24, 2.45) is 5.73 Å². The molecule has 1 unspecified atom stereocenters. The van der Waals surface area contributed by atoms with E-state index in [4.69, 9.17) is 5.73 Å². The molecule has 0 bridgehead atoms. The number of pyridine rings is 1. The summed E-state index contributed by atoms with van der Waals surface area (Å²) in [6.07, 6.45) is 1.62. The van der Waals surface area contributed by atoms with Gasteiger partial charge in [-0.2, -0.15) is 5.26 Å². The van der Waals surface area contributed by atoms with Gasteiger partial charge in [-0.1, -0.05) is 13.8 Å². The molecule has 0 radical (unpaired) electrons. The van der Waals surface area contributed by atoms with Crippen molar-refractivity contribution in [3.05, 3.63) is 99.4 Å². The van der Waals surface area contributed by atoms with Gasteiger partial charge in [-0.05, 0) is 60.4 Å². The number of aromatic nitrogens is 3. The van der Waals surface area contributed by atoms with Crippen molar-refractivity contribution in [1.82, 2.24) is 14.5 Å². The van der Waals surface area contributed by atoms with Crippen LogP contribution in [0.2, 0.25) is 0 Å². The molecule has 0 aliphatic carbocycles. The minimum atomic E-state index is -0.862. The van der Waals surface area contributed by atoms with Gasteiger partial charge >= 0.3 is 0 Å². The number of hydrogen-bond donors (Lipinski definition) is 1. The van der Waals surface area contributed by atoms with Crippen molar-refractivity contribution < 1.29 is 8.78 Å². The number of nitrogens with two attached hydrogens (primary N) is 1. The molecule has 33 heavy (non-hydrogen) atoms. The topological polar surface area (TPSA) is 97.6 Å². The molecule has 8 heteroatoms. The van der Waals surface area contributed by atoms with Crippen molar-refractivity contribution in [1.29, 1.82) is 5.26 Å². The van der Waals surface area contributed by atoms with Gasteiger partial charge in [0.2, 0.25) is 0 Å². The van der Waals surface area contributed by atoms with E-state index in [1.165, 1.54) is 22.8 Å². The monoisotopic (exact) mass is 445 g/mol. The standard InChI is InChI=1S/C25H21F2N5O/c1-14(2)22-6-4-19(13-30-22)32-24(21(29)9-16-7-17(26)11-18(27)8-16)31-23-10-15(12-28)3-5-20(23)25(32)33/h3-8,10-11,13-14,21H,9,29H2,1-2H3. The molecule has 0 aliphatic heterocycles. The summed E-state index contributed by atoms with van der Waals surface area (Å²) in [5, 5.41) is 9.54. The zero-order valence-electron chi connectivity index (χ0n) is 18.1. The molecule has 166 valence electrons. The van der Waals surface area contributed by atoms with Crippen LogP contribution in [0, 0.1) is 23.0 Å². The molecule has 0 aliphatic rings. The number of halogens is 2. The highest BCUT2D eigenvalue weighted by Crippen LogP contribution is 2.22. The third kappa shape index (κ3) is 4.49. The average Bonchev–Trinajstić information content (AvgIpc) is 2.78. The molecule has 1 atom stereocenters. The second-order valence-electron chi connectivity index (χ2n) is 8.14. The maximum atomic E-state index is 13.7. The lowest BCUT2D eigenvalue weighted by Crippen LogP contribution is -2.29. The maximum absolute atomic E-state index is 13.7. The van der Waals surface area contributed by atoms with Crippen molar-refractivity contribution in [2.45, 2.75) is 32.2 Å². The molecule has 0 saturated carbocycles. The summed E-state index contributed by atoms with van der Waals surface area (Å²) < 4.78 is 28.8. The Morgan fingerprint density at radius 2 is 1.82 bits per heavy atom. The third-order valence-electron chi connectivity index (χ3n) is 5.35. The zero-order valence-corrected chi connectivity index (χ0v) is 18.1. The fraction of sp³-hybridized carbons (Fsp3) is 0.200. The summed E-state index contributed by atoms with van der Waals surface area (Å²) in [6.45, 7) is 4.02. The first-order valence-corrected chi connectivity index (χ1v) is 10.4. The fourth-order valence-corrected chi connectivity index (χ4v) is 3.72. The molecule has 0 amide bonds. The van der Waals surface area contributed by atoms with E-state index < -0.39 is 17.7 Å². The summed E-state index contributed by atoms with van der Waals surface area (Å²) >= 11 is 0. The third-order valence-corrected chi connectivity index (χ3v) is 5.35. The Labute approximate surface area is 189 Å². The van der Waals surface area contributed by atoms with Crippen LogP contribution in [-0.2, 0) is 6.42 Å². The van der Waals surface area contributed by atoms with Crippen LogP contribution in [0.25, 0.3) is 16.6 Å². The van der Waals surface area contributed by atoms with Crippen LogP contribution in [0.3, 0.4) is 0 Å². The molecular weight excluding hydrogens is 424 g/mol. The first-order valence-electron chi connectivity index (χ1n) is 10.4. The lowest BCUT2D eigenvalue weighted by Gasteiger charge is -2.19. The summed E-state index contributed by atoms with van der Waals surface area (Å²) in [6, 6.07) is 12.5. The van der Waals surface area contributed by atoms with Gasteiger partial charge in [0.05, 0.1) is 40.5 Å². The van der Waals surface area contributed by atoms with Crippen LogP contribution in [0.4, 0.5) is 8.78 Å². The van der Waals surface area contributed by atoms with Gasteiger partial charge in [-0.25, -0.2) is 13.8 Å². The quantitative estimate of drug-likeness (QED) is 0.494. The molecule has 4 aromatic rings. The SMILES string of the molecule is CC(C)c1ccc(-n2c(C(N)Cc3cc(F)cc(F)c3)nc3cc(C#N)ccc3c2=O)cn1. The van der Waals surface area contributed by atoms with E-state index in [-0.39, 0.29) is 23.7 Å². The van der Waals surface area contributed by atoms with Gasteiger partial charge in [0, 0.05) is 11.8 Å². The van der Waals surface area contributed by atoms with E-state index in [2.05, 4.69) is 9.97 Å². The van der Waals surface area contributed by atoms with E-state index in [0.717, 1.165) is 11.8 Å².